The summed E-state index contributed by atoms with van der Waals surface area (Å²) in [6.45, 7) is 15.7. The van der Waals surface area contributed by atoms with E-state index in [1.165, 1.54) is 5.57 Å². The molecule has 0 atom stereocenters. The number of esters is 1. The van der Waals surface area contributed by atoms with Crippen LogP contribution in [0.5, 0.6) is 0 Å². The van der Waals surface area contributed by atoms with E-state index in [1.54, 1.807) is 6.08 Å². The molecule has 16 heavy (non-hydrogen) atoms. The minimum atomic E-state index is -1.20. The number of rotatable bonds is 4. The fourth-order valence-electron chi connectivity index (χ4n) is 1.43. The number of hydrogen-bond acceptors (Lipinski definition) is 2. The molecule has 3 heteroatoms. The van der Waals surface area contributed by atoms with Gasteiger partial charge in [0.15, 0.2) is 0 Å². The summed E-state index contributed by atoms with van der Waals surface area (Å²) in [5, 5.41) is 0. The zero-order valence-electron chi connectivity index (χ0n) is 11.8. The van der Waals surface area contributed by atoms with Gasteiger partial charge in [-0.15, -0.1) is 0 Å². The van der Waals surface area contributed by atoms with Gasteiger partial charge in [-0.1, -0.05) is 46.0 Å². The Balaban J connectivity index is 4.89. The smallest absolute Gasteiger partial charge is 0.330 e. The average Bonchev–Trinajstić information content (AvgIpc) is 1.98. The summed E-state index contributed by atoms with van der Waals surface area (Å²) in [5.74, 6) is -0.203. The van der Waals surface area contributed by atoms with Crippen LogP contribution < -0.4 is 0 Å². The van der Waals surface area contributed by atoms with E-state index in [0.717, 1.165) is 6.04 Å². The van der Waals surface area contributed by atoms with Crippen LogP contribution in [-0.2, 0) is 9.53 Å². The summed E-state index contributed by atoms with van der Waals surface area (Å²) in [6.07, 6.45) is 1.70. The summed E-state index contributed by atoms with van der Waals surface area (Å²) in [7, 11) is -1.20. The molecule has 0 rings (SSSR count). The van der Waals surface area contributed by atoms with Crippen molar-refractivity contribution in [2.75, 3.05) is 6.61 Å². The molecule has 0 bridgehead atoms. The summed E-state index contributed by atoms with van der Waals surface area (Å²) >= 11 is 0. The molecule has 0 aromatic carbocycles. The summed E-state index contributed by atoms with van der Waals surface area (Å²) in [4.78, 5) is 11.5. The Morgan fingerprint density at radius 3 is 2.06 bits per heavy atom. The van der Waals surface area contributed by atoms with Gasteiger partial charge in [0.05, 0.1) is 6.61 Å². The lowest BCUT2D eigenvalue weighted by molar-refractivity contribution is -0.137. The van der Waals surface area contributed by atoms with Crippen LogP contribution in [0.15, 0.2) is 11.6 Å². The third-order valence-electron chi connectivity index (χ3n) is 2.26. The number of carbonyl (C=O) groups excluding carboxylic acids is 1. The Hall–Kier alpha value is -0.573. The van der Waals surface area contributed by atoms with E-state index in [9.17, 15) is 4.79 Å². The molecule has 0 aliphatic heterocycles. The van der Waals surface area contributed by atoms with Crippen molar-refractivity contribution >= 4 is 14.0 Å². The van der Waals surface area contributed by atoms with Crippen molar-refractivity contribution in [3.63, 3.8) is 0 Å². The number of carbonyl (C=O) groups is 1. The third kappa shape index (κ3) is 6.83. The van der Waals surface area contributed by atoms with E-state index in [-0.39, 0.29) is 11.4 Å². The maximum Gasteiger partial charge on any atom is 0.330 e. The van der Waals surface area contributed by atoms with Crippen LogP contribution in [0.25, 0.3) is 0 Å². The van der Waals surface area contributed by atoms with Gasteiger partial charge in [0, 0.05) is 14.1 Å². The fraction of sp³-hybridized carbons (Fsp3) is 0.769. The van der Waals surface area contributed by atoms with Crippen molar-refractivity contribution in [3.05, 3.63) is 11.6 Å². The molecule has 94 valence electrons. The summed E-state index contributed by atoms with van der Waals surface area (Å²) in [5.41, 5.74) is 1.26. The Kier molecular flexibility index (Phi) is 5.46. The first-order valence-corrected chi connectivity index (χ1v) is 9.65. The van der Waals surface area contributed by atoms with E-state index >= 15 is 0 Å². The van der Waals surface area contributed by atoms with Crippen LogP contribution in [0.2, 0.25) is 25.7 Å². The van der Waals surface area contributed by atoms with Crippen molar-refractivity contribution < 1.29 is 9.53 Å². The average molecular weight is 242 g/mol. The van der Waals surface area contributed by atoms with Crippen LogP contribution in [-0.4, -0.2) is 20.7 Å². The maximum atomic E-state index is 11.5. The molecular formula is C13H26O2Si. The van der Waals surface area contributed by atoms with Crippen molar-refractivity contribution in [1.82, 2.24) is 0 Å². The van der Waals surface area contributed by atoms with Crippen LogP contribution >= 0.6 is 0 Å². The first-order chi connectivity index (χ1) is 7.06. The second kappa shape index (κ2) is 5.67. The molecular weight excluding hydrogens is 216 g/mol. The predicted molar refractivity (Wildman–Crippen MR) is 72.3 cm³/mol. The second-order valence-corrected chi connectivity index (χ2v) is 11.9. The quantitative estimate of drug-likeness (QED) is 0.425. The highest BCUT2D eigenvalue weighted by molar-refractivity contribution is 6.76. The minimum Gasteiger partial charge on any atom is -0.463 e. The van der Waals surface area contributed by atoms with Crippen LogP contribution in [0.3, 0.4) is 0 Å². The highest BCUT2D eigenvalue weighted by Gasteiger charge is 2.24. The van der Waals surface area contributed by atoms with E-state index in [0.29, 0.717) is 6.61 Å². The highest BCUT2D eigenvalue weighted by Crippen LogP contribution is 2.32. The monoisotopic (exact) mass is 242 g/mol. The molecule has 0 fully saturated rings. The maximum absolute atomic E-state index is 11.5. The second-order valence-electron chi connectivity index (χ2n) is 6.41. The van der Waals surface area contributed by atoms with E-state index in [1.807, 2.05) is 6.92 Å². The number of hydrogen-bond donors (Lipinski definition) is 0. The summed E-state index contributed by atoms with van der Waals surface area (Å²) in [6, 6.07) is 1.05. The number of allylic oxidation sites excluding steroid dienone is 1. The molecule has 0 aliphatic carbocycles. The molecule has 0 heterocycles. The van der Waals surface area contributed by atoms with Crippen molar-refractivity contribution in [1.29, 1.82) is 0 Å². The molecule has 0 saturated heterocycles. The van der Waals surface area contributed by atoms with Gasteiger partial charge in [0.2, 0.25) is 0 Å². The van der Waals surface area contributed by atoms with Crippen LogP contribution in [0, 0.1) is 5.41 Å². The van der Waals surface area contributed by atoms with Gasteiger partial charge in [-0.3, -0.25) is 0 Å². The fourth-order valence-corrected chi connectivity index (χ4v) is 3.21. The lowest BCUT2D eigenvalue weighted by Gasteiger charge is -2.28. The van der Waals surface area contributed by atoms with Crippen molar-refractivity contribution in [2.24, 2.45) is 5.41 Å². The molecule has 0 aliphatic rings. The molecule has 0 saturated carbocycles. The Morgan fingerprint density at radius 2 is 1.75 bits per heavy atom. The standard InChI is InChI=1S/C13H26O2Si/c1-8-15-12(14)9-11(13(2,3)4)10-16(5,6)7/h9H,8,10H2,1-7H3/b11-9-. The van der Waals surface area contributed by atoms with Crippen LogP contribution in [0.4, 0.5) is 0 Å². The van der Waals surface area contributed by atoms with Gasteiger partial charge in [-0.05, 0) is 18.4 Å². The van der Waals surface area contributed by atoms with Gasteiger partial charge >= 0.3 is 5.97 Å². The van der Waals surface area contributed by atoms with E-state index in [4.69, 9.17) is 4.74 Å². The normalized spacial score (nSPS) is 13.8. The highest BCUT2D eigenvalue weighted by atomic mass is 28.3. The molecule has 0 amide bonds. The van der Waals surface area contributed by atoms with Crippen LogP contribution in [0.1, 0.15) is 27.7 Å². The Bertz CT molecular complexity index is 267. The molecule has 0 aromatic rings. The number of ether oxygens (including phenoxy) is 1. The van der Waals surface area contributed by atoms with Gasteiger partial charge in [-0.2, -0.15) is 0 Å². The minimum absolute atomic E-state index is 0.0487. The molecule has 0 N–H and O–H groups in total. The van der Waals surface area contributed by atoms with Crippen molar-refractivity contribution in [3.8, 4) is 0 Å². The molecule has 0 spiro atoms. The molecule has 0 unspecified atom stereocenters. The topological polar surface area (TPSA) is 26.3 Å². The largest absolute Gasteiger partial charge is 0.463 e. The SMILES string of the molecule is CCOC(=O)/C=C(/C[Si](C)(C)C)C(C)(C)C. The predicted octanol–water partition coefficient (Wildman–Crippen LogP) is 3.86. The lowest BCUT2D eigenvalue weighted by atomic mass is 9.87. The first-order valence-electron chi connectivity index (χ1n) is 5.94. The summed E-state index contributed by atoms with van der Waals surface area (Å²) < 4.78 is 4.98. The zero-order chi connectivity index (χ0) is 13.0. The third-order valence-corrected chi connectivity index (χ3v) is 3.70. The van der Waals surface area contributed by atoms with Gasteiger partial charge in [-0.25, -0.2) is 4.79 Å². The van der Waals surface area contributed by atoms with E-state index < -0.39 is 8.07 Å². The first kappa shape index (κ1) is 15.4. The van der Waals surface area contributed by atoms with Crippen molar-refractivity contribution in [2.45, 2.75) is 53.4 Å². The molecule has 0 aromatic heterocycles. The van der Waals surface area contributed by atoms with Gasteiger partial charge in [0.25, 0.3) is 0 Å². The van der Waals surface area contributed by atoms with Gasteiger partial charge < -0.3 is 4.74 Å². The van der Waals surface area contributed by atoms with E-state index in [2.05, 4.69) is 40.4 Å². The Morgan fingerprint density at radius 1 is 1.25 bits per heavy atom. The molecule has 2 nitrogen and oxygen atoms in total. The molecule has 0 radical (unpaired) electrons. The Labute approximate surface area is 101 Å². The zero-order valence-corrected chi connectivity index (χ0v) is 12.8. The lowest BCUT2D eigenvalue weighted by Crippen LogP contribution is -2.25. The van der Waals surface area contributed by atoms with Gasteiger partial charge in [0.1, 0.15) is 0 Å².